The molecule has 3 aliphatic carbocycles. The Morgan fingerprint density at radius 1 is 0.841 bits per heavy atom. The highest BCUT2D eigenvalue weighted by Gasteiger charge is 2.91. The molecule has 11 nitrogen and oxygen atoms in total. The SMILES string of the molecule is C=C(C)C12OC3(c4ccccc4)OC1C1C4OC4(COC(=O)CCCCCCCCCCCCCCC)C(O)C4(O)C(=O)C(C)=CC4C1(O3)C(C)C2OC(=O)C=Cc1ccccc1. The Kier molecular flexibility index (Phi) is 13.1. The van der Waals surface area contributed by atoms with Crippen LogP contribution in [0.4, 0.5) is 0 Å². The zero-order valence-electron chi connectivity index (χ0n) is 37.4. The number of benzene rings is 2. The lowest BCUT2D eigenvalue weighted by Crippen LogP contribution is -2.76. The van der Waals surface area contributed by atoms with Crippen molar-refractivity contribution in [2.24, 2.45) is 17.8 Å². The first-order valence-electron chi connectivity index (χ1n) is 23.5. The second kappa shape index (κ2) is 18.1. The van der Waals surface area contributed by atoms with Crippen molar-refractivity contribution >= 4 is 23.8 Å². The highest BCUT2D eigenvalue weighted by molar-refractivity contribution is 6.05. The Hall–Kier alpha value is -3.97. The molecule has 2 N–H and O–H groups in total. The highest BCUT2D eigenvalue weighted by atomic mass is 16.9. The van der Waals surface area contributed by atoms with Gasteiger partial charge in [-0.1, -0.05) is 164 Å². The van der Waals surface area contributed by atoms with Gasteiger partial charge < -0.3 is 38.6 Å². The van der Waals surface area contributed by atoms with Crippen LogP contribution in [0, 0.1) is 17.8 Å². The van der Waals surface area contributed by atoms with Gasteiger partial charge in [0, 0.05) is 35.8 Å². The number of carbonyl (C=O) groups is 3. The minimum Gasteiger partial charge on any atom is -0.462 e. The molecule has 3 heterocycles. The first kappa shape index (κ1) is 45.6. The number of aliphatic hydroxyl groups is 2. The predicted octanol–water partition coefficient (Wildman–Crippen LogP) is 8.60. The zero-order chi connectivity index (χ0) is 44.6. The van der Waals surface area contributed by atoms with E-state index < -0.39 is 94.9 Å². The smallest absolute Gasteiger partial charge is 0.331 e. The number of fused-ring (bicyclic) bond motifs is 3. The maximum atomic E-state index is 14.4. The molecule has 0 amide bonds. The quantitative estimate of drug-likeness (QED) is 0.0408. The minimum atomic E-state index is -2.48. The van der Waals surface area contributed by atoms with Crippen LogP contribution in [0.3, 0.4) is 0 Å². The van der Waals surface area contributed by atoms with E-state index in [-0.39, 0.29) is 12.0 Å². The summed E-state index contributed by atoms with van der Waals surface area (Å²) in [5.74, 6) is -6.56. The van der Waals surface area contributed by atoms with E-state index in [4.69, 9.17) is 28.4 Å². The van der Waals surface area contributed by atoms with E-state index in [0.717, 1.165) is 24.8 Å². The van der Waals surface area contributed by atoms with Crippen LogP contribution < -0.4 is 0 Å². The van der Waals surface area contributed by atoms with Crippen molar-refractivity contribution in [2.45, 2.75) is 170 Å². The Morgan fingerprint density at radius 3 is 2.06 bits per heavy atom. The third-order valence-electron chi connectivity index (χ3n) is 15.0. The van der Waals surface area contributed by atoms with Crippen molar-refractivity contribution in [3.63, 3.8) is 0 Å². The van der Waals surface area contributed by atoms with Crippen LogP contribution in [0.15, 0.2) is 90.5 Å². The molecule has 0 spiro atoms. The number of unbranched alkanes of at least 4 members (excludes halogenated alkanes) is 12. The summed E-state index contributed by atoms with van der Waals surface area (Å²) in [4.78, 5) is 41.6. The normalized spacial score (nSPS) is 36.9. The average molecular weight is 867 g/mol. The molecule has 2 aromatic carbocycles. The van der Waals surface area contributed by atoms with Gasteiger partial charge in [0.2, 0.25) is 0 Å². The lowest BCUT2D eigenvalue weighted by Gasteiger charge is -2.61. The summed E-state index contributed by atoms with van der Waals surface area (Å²) < 4.78 is 40.3. The number of carbonyl (C=O) groups excluding carboxylic acids is 3. The van der Waals surface area contributed by atoms with Gasteiger partial charge in [0.1, 0.15) is 31.0 Å². The second-order valence-electron chi connectivity index (χ2n) is 19.0. The fourth-order valence-corrected chi connectivity index (χ4v) is 11.7. The monoisotopic (exact) mass is 866 g/mol. The van der Waals surface area contributed by atoms with E-state index in [1.165, 1.54) is 63.9 Å². The summed E-state index contributed by atoms with van der Waals surface area (Å²) in [5, 5.41) is 25.5. The Morgan fingerprint density at radius 2 is 1.44 bits per heavy atom. The molecule has 8 rings (SSSR count). The van der Waals surface area contributed by atoms with Crippen LogP contribution in [-0.2, 0) is 48.8 Å². The molecule has 0 aromatic heterocycles. The van der Waals surface area contributed by atoms with Crippen molar-refractivity contribution in [2.75, 3.05) is 6.61 Å². The molecule has 6 aliphatic rings. The number of Topliss-reactive ketones (excluding diaryl/α,β-unsaturated/α-hetero) is 1. The molecule has 12 atom stereocenters. The molecule has 3 aliphatic heterocycles. The second-order valence-corrected chi connectivity index (χ2v) is 19.0. The fraction of sp³-hybridized carbons (Fsp3) is 0.596. The molecule has 12 unspecified atom stereocenters. The van der Waals surface area contributed by atoms with E-state index >= 15 is 0 Å². The molecular weight excluding hydrogens is 801 g/mol. The van der Waals surface area contributed by atoms with Crippen LogP contribution in [-0.4, -0.2) is 81.4 Å². The first-order valence-corrected chi connectivity index (χ1v) is 23.5. The summed E-state index contributed by atoms with van der Waals surface area (Å²) in [7, 11) is 0. The van der Waals surface area contributed by atoms with Crippen LogP contribution in [0.1, 0.15) is 129 Å². The molecule has 11 heteroatoms. The summed E-state index contributed by atoms with van der Waals surface area (Å²) in [5.41, 5.74) is -5.31. The van der Waals surface area contributed by atoms with Crippen molar-refractivity contribution in [3.05, 3.63) is 102 Å². The number of aliphatic hydroxyl groups excluding tert-OH is 1. The van der Waals surface area contributed by atoms with Gasteiger partial charge in [-0.25, -0.2) is 4.79 Å². The molecule has 340 valence electrons. The Labute approximate surface area is 372 Å². The van der Waals surface area contributed by atoms with Gasteiger partial charge in [-0.2, -0.15) is 0 Å². The molecule has 3 saturated heterocycles. The summed E-state index contributed by atoms with van der Waals surface area (Å²) in [6.07, 6.45) is 15.3. The molecular formula is C52H66O11. The van der Waals surface area contributed by atoms with Crippen LogP contribution in [0.2, 0.25) is 0 Å². The largest absolute Gasteiger partial charge is 0.462 e. The third-order valence-corrected chi connectivity index (χ3v) is 15.0. The van der Waals surface area contributed by atoms with Crippen LogP contribution in [0.5, 0.6) is 0 Å². The highest BCUT2D eigenvalue weighted by Crippen LogP contribution is 2.74. The number of ketones is 1. The van der Waals surface area contributed by atoms with Crippen molar-refractivity contribution < 1.29 is 53.0 Å². The van der Waals surface area contributed by atoms with Gasteiger partial charge in [-0.05, 0) is 43.1 Å². The van der Waals surface area contributed by atoms with Crippen molar-refractivity contribution in [1.29, 1.82) is 0 Å². The van der Waals surface area contributed by atoms with E-state index in [1.807, 2.05) is 55.5 Å². The zero-order valence-corrected chi connectivity index (χ0v) is 37.4. The number of epoxide rings is 1. The molecule has 5 fully saturated rings. The van der Waals surface area contributed by atoms with E-state index in [0.29, 0.717) is 17.6 Å². The third kappa shape index (κ3) is 7.68. The number of hydrogen-bond donors (Lipinski definition) is 2. The maximum Gasteiger partial charge on any atom is 0.331 e. The van der Waals surface area contributed by atoms with Gasteiger partial charge in [0.15, 0.2) is 22.6 Å². The van der Waals surface area contributed by atoms with Gasteiger partial charge in [0.05, 0.1) is 5.60 Å². The topological polar surface area (TPSA) is 150 Å². The van der Waals surface area contributed by atoms with Gasteiger partial charge in [-0.15, -0.1) is 0 Å². The van der Waals surface area contributed by atoms with Gasteiger partial charge in [-0.3, -0.25) is 9.59 Å². The molecule has 2 saturated carbocycles. The number of rotatable bonds is 21. The van der Waals surface area contributed by atoms with E-state index in [9.17, 15) is 24.6 Å². The van der Waals surface area contributed by atoms with Gasteiger partial charge in [0.25, 0.3) is 0 Å². The minimum absolute atomic E-state index is 0.193. The number of esters is 2. The summed E-state index contributed by atoms with van der Waals surface area (Å²) in [6.45, 7) is 11.5. The average Bonchev–Trinajstić information content (AvgIpc) is 3.89. The lowest BCUT2D eigenvalue weighted by molar-refractivity contribution is -0.440. The molecule has 0 radical (unpaired) electrons. The first-order chi connectivity index (χ1) is 30.3. The summed E-state index contributed by atoms with van der Waals surface area (Å²) >= 11 is 0. The van der Waals surface area contributed by atoms with E-state index in [1.54, 1.807) is 38.1 Å². The van der Waals surface area contributed by atoms with Crippen LogP contribution in [0.25, 0.3) is 6.08 Å². The Balaban J connectivity index is 1.05. The Bertz CT molecular complexity index is 2070. The number of hydrogen-bond acceptors (Lipinski definition) is 11. The summed E-state index contributed by atoms with van der Waals surface area (Å²) in [6, 6.07) is 18.4. The lowest BCUT2D eigenvalue weighted by atomic mass is 9.53. The predicted molar refractivity (Wildman–Crippen MR) is 236 cm³/mol. The molecule has 3 bridgehead atoms. The van der Waals surface area contributed by atoms with Gasteiger partial charge >= 0.3 is 17.9 Å². The maximum absolute atomic E-state index is 14.4. The van der Waals surface area contributed by atoms with Crippen molar-refractivity contribution in [3.8, 4) is 0 Å². The molecule has 2 aromatic rings. The van der Waals surface area contributed by atoms with Crippen LogP contribution >= 0.6 is 0 Å². The van der Waals surface area contributed by atoms with E-state index in [2.05, 4.69) is 13.5 Å². The van der Waals surface area contributed by atoms with Crippen molar-refractivity contribution in [1.82, 2.24) is 0 Å². The number of ether oxygens (including phenoxy) is 6. The molecule has 63 heavy (non-hydrogen) atoms. The fourth-order valence-electron chi connectivity index (χ4n) is 11.7. The standard InChI is InChI=1S/C52H66O11/c1-6-7-8-9-10-11-12-13-14-15-16-17-24-29-40(53)58-33-48-45(60-48)42-46-50(34(2)3)44(59-41(54)31-30-37-25-20-18-21-26-37)36(5)51(42,39-32-35(4)43(55)49(39,57)47(48)56)63-52(61-46,62-50)38-27-22-19-23-28-38/h18-23,25-28,30-32,36,39,42,44-47,56-57H,2,6-17,24,29,33H2,1,3-5H3.